The lowest BCUT2D eigenvalue weighted by atomic mass is 9.95. The topological polar surface area (TPSA) is 71.2 Å². The zero-order valence-electron chi connectivity index (χ0n) is 13.0. The smallest absolute Gasteiger partial charge is 0.227 e. The Labute approximate surface area is 144 Å². The molecule has 3 rings (SSSR count). The molecule has 1 fully saturated rings. The molecule has 0 unspecified atom stereocenters. The van der Waals surface area contributed by atoms with Crippen LogP contribution in [0, 0.1) is 11.7 Å². The Bertz CT molecular complexity index is 747. The number of carbonyl (C=O) groups excluding carboxylic acids is 1. The Balaban J connectivity index is 1.59. The van der Waals surface area contributed by atoms with Crippen LogP contribution >= 0.6 is 11.6 Å². The van der Waals surface area contributed by atoms with Gasteiger partial charge in [0.1, 0.15) is 5.82 Å². The average Bonchev–Trinajstić information content (AvgIpc) is 2.59. The number of carbonyl (C=O) groups is 1. The molecule has 1 saturated heterocycles. The number of nitrogens with two attached hydrogens (primary N) is 1. The van der Waals surface area contributed by atoms with E-state index in [-0.39, 0.29) is 16.8 Å². The number of nitrogens with one attached hydrogen (secondary N) is 1. The lowest BCUT2D eigenvalue weighted by Crippen LogP contribution is -2.38. The van der Waals surface area contributed by atoms with E-state index in [0.29, 0.717) is 37.3 Å². The Morgan fingerprint density at radius 3 is 2.75 bits per heavy atom. The first-order chi connectivity index (χ1) is 11.5. The molecule has 7 heteroatoms. The van der Waals surface area contributed by atoms with Crippen molar-refractivity contribution in [2.24, 2.45) is 5.92 Å². The number of amides is 1. The van der Waals surface area contributed by atoms with Gasteiger partial charge in [-0.25, -0.2) is 9.37 Å². The van der Waals surface area contributed by atoms with Gasteiger partial charge in [0.25, 0.3) is 0 Å². The molecule has 5 nitrogen and oxygen atoms in total. The van der Waals surface area contributed by atoms with E-state index in [4.69, 9.17) is 17.3 Å². The first-order valence-electron chi connectivity index (χ1n) is 7.76. The molecule has 0 saturated carbocycles. The van der Waals surface area contributed by atoms with E-state index in [2.05, 4.69) is 15.2 Å². The molecule has 3 N–H and O–H groups in total. The highest BCUT2D eigenvalue weighted by Crippen LogP contribution is 2.27. The SMILES string of the molecule is Nc1cccnc1N1CCC(C(=O)Nc2ccc(F)c(Cl)c2)CC1. The van der Waals surface area contributed by atoms with Crippen molar-refractivity contribution in [2.45, 2.75) is 12.8 Å². The largest absolute Gasteiger partial charge is 0.396 e. The van der Waals surface area contributed by atoms with Crippen molar-refractivity contribution in [2.75, 3.05) is 29.0 Å². The van der Waals surface area contributed by atoms with E-state index in [1.807, 2.05) is 6.07 Å². The van der Waals surface area contributed by atoms with Crippen LogP contribution in [0.2, 0.25) is 5.02 Å². The summed E-state index contributed by atoms with van der Waals surface area (Å²) in [6, 6.07) is 7.78. The molecule has 2 heterocycles. The number of benzene rings is 1. The lowest BCUT2D eigenvalue weighted by Gasteiger charge is -2.32. The quantitative estimate of drug-likeness (QED) is 0.892. The van der Waals surface area contributed by atoms with Crippen molar-refractivity contribution in [3.05, 3.63) is 47.4 Å². The maximum absolute atomic E-state index is 13.2. The van der Waals surface area contributed by atoms with Gasteiger partial charge < -0.3 is 16.0 Å². The molecular formula is C17H18ClFN4O. The number of rotatable bonds is 3. The predicted molar refractivity (Wildman–Crippen MR) is 93.6 cm³/mol. The van der Waals surface area contributed by atoms with E-state index < -0.39 is 5.82 Å². The highest BCUT2D eigenvalue weighted by atomic mass is 35.5. The van der Waals surface area contributed by atoms with Gasteiger partial charge in [-0.3, -0.25) is 4.79 Å². The van der Waals surface area contributed by atoms with Crippen molar-refractivity contribution < 1.29 is 9.18 Å². The molecule has 0 bridgehead atoms. The summed E-state index contributed by atoms with van der Waals surface area (Å²) in [5.41, 5.74) is 7.09. The molecule has 2 aromatic rings. The van der Waals surface area contributed by atoms with Crippen LogP contribution in [0.15, 0.2) is 36.5 Å². The summed E-state index contributed by atoms with van der Waals surface area (Å²) in [5, 5.41) is 2.79. The van der Waals surface area contributed by atoms with Gasteiger partial charge in [-0.1, -0.05) is 11.6 Å². The maximum Gasteiger partial charge on any atom is 0.227 e. The number of halogens is 2. The molecule has 1 aromatic heterocycles. The van der Waals surface area contributed by atoms with E-state index >= 15 is 0 Å². The van der Waals surface area contributed by atoms with Crippen LogP contribution in [0.3, 0.4) is 0 Å². The minimum atomic E-state index is -0.504. The minimum Gasteiger partial charge on any atom is -0.396 e. The van der Waals surface area contributed by atoms with Gasteiger partial charge in [-0.05, 0) is 43.2 Å². The van der Waals surface area contributed by atoms with E-state index in [9.17, 15) is 9.18 Å². The Morgan fingerprint density at radius 1 is 1.33 bits per heavy atom. The minimum absolute atomic E-state index is 0.00625. The van der Waals surface area contributed by atoms with Crippen LogP contribution in [0.1, 0.15) is 12.8 Å². The van der Waals surface area contributed by atoms with Gasteiger partial charge in [0, 0.05) is 30.9 Å². The third-order valence-corrected chi connectivity index (χ3v) is 4.46. The number of anilines is 3. The number of nitrogen functional groups attached to an aromatic ring is 1. The fourth-order valence-corrected chi connectivity index (χ4v) is 3.03. The molecule has 1 aliphatic heterocycles. The predicted octanol–water partition coefficient (Wildman–Crippen LogP) is 3.31. The van der Waals surface area contributed by atoms with Gasteiger partial charge in [0.2, 0.25) is 5.91 Å². The zero-order chi connectivity index (χ0) is 17.1. The van der Waals surface area contributed by atoms with Crippen LogP contribution in [-0.4, -0.2) is 24.0 Å². The number of hydrogen-bond acceptors (Lipinski definition) is 4. The van der Waals surface area contributed by atoms with Gasteiger partial charge in [-0.2, -0.15) is 0 Å². The Kier molecular flexibility index (Phi) is 4.85. The molecule has 126 valence electrons. The number of aromatic nitrogens is 1. The monoisotopic (exact) mass is 348 g/mol. The summed E-state index contributed by atoms with van der Waals surface area (Å²) >= 11 is 5.73. The summed E-state index contributed by atoms with van der Waals surface area (Å²) < 4.78 is 13.2. The fraction of sp³-hybridized carbons (Fsp3) is 0.294. The van der Waals surface area contributed by atoms with Crippen LogP contribution in [0.5, 0.6) is 0 Å². The summed E-state index contributed by atoms with van der Waals surface area (Å²) in [5.74, 6) is 0.0823. The van der Waals surface area contributed by atoms with Gasteiger partial charge >= 0.3 is 0 Å². The molecule has 0 atom stereocenters. The Hall–Kier alpha value is -2.34. The molecule has 24 heavy (non-hydrogen) atoms. The van der Waals surface area contributed by atoms with E-state index in [0.717, 1.165) is 5.82 Å². The maximum atomic E-state index is 13.2. The summed E-state index contributed by atoms with van der Waals surface area (Å²) in [6.45, 7) is 1.42. The number of piperidine rings is 1. The van der Waals surface area contributed by atoms with Gasteiger partial charge in [0.15, 0.2) is 5.82 Å². The summed E-state index contributed by atoms with van der Waals surface area (Å²) in [6.07, 6.45) is 3.12. The molecule has 1 aliphatic rings. The number of hydrogen-bond donors (Lipinski definition) is 2. The molecule has 1 amide bonds. The highest BCUT2D eigenvalue weighted by molar-refractivity contribution is 6.31. The van der Waals surface area contributed by atoms with Crippen molar-refractivity contribution in [3.63, 3.8) is 0 Å². The lowest BCUT2D eigenvalue weighted by molar-refractivity contribution is -0.120. The van der Waals surface area contributed by atoms with Crippen molar-refractivity contribution in [3.8, 4) is 0 Å². The average molecular weight is 349 g/mol. The molecule has 0 aliphatic carbocycles. The van der Waals surface area contributed by atoms with Crippen LogP contribution in [0.25, 0.3) is 0 Å². The summed E-state index contributed by atoms with van der Waals surface area (Å²) in [7, 11) is 0. The first kappa shape index (κ1) is 16.5. The standard InChI is InChI=1S/C17H18ClFN4O/c18-13-10-12(3-4-14(13)19)22-17(24)11-5-8-23(9-6-11)16-15(20)2-1-7-21-16/h1-4,7,10-11H,5-6,8-9,20H2,(H,22,24). The number of nitrogens with zero attached hydrogens (tertiary/aromatic N) is 2. The zero-order valence-corrected chi connectivity index (χ0v) is 13.8. The van der Waals surface area contributed by atoms with Crippen molar-refractivity contribution >= 4 is 34.7 Å². The van der Waals surface area contributed by atoms with Crippen LogP contribution < -0.4 is 16.0 Å². The number of pyridine rings is 1. The Morgan fingerprint density at radius 2 is 2.08 bits per heavy atom. The molecule has 0 radical (unpaired) electrons. The van der Waals surface area contributed by atoms with Crippen molar-refractivity contribution in [1.82, 2.24) is 4.98 Å². The third-order valence-electron chi connectivity index (χ3n) is 4.17. The second-order valence-corrected chi connectivity index (χ2v) is 6.20. The van der Waals surface area contributed by atoms with E-state index in [1.165, 1.54) is 18.2 Å². The second-order valence-electron chi connectivity index (χ2n) is 5.80. The molecular weight excluding hydrogens is 331 g/mol. The normalized spacial score (nSPS) is 15.3. The third kappa shape index (κ3) is 3.59. The molecule has 0 spiro atoms. The van der Waals surface area contributed by atoms with Crippen LogP contribution in [-0.2, 0) is 4.79 Å². The fourth-order valence-electron chi connectivity index (χ4n) is 2.85. The van der Waals surface area contributed by atoms with E-state index in [1.54, 1.807) is 12.3 Å². The molecule has 1 aromatic carbocycles. The second kappa shape index (κ2) is 7.05. The highest BCUT2D eigenvalue weighted by Gasteiger charge is 2.26. The first-order valence-corrected chi connectivity index (χ1v) is 8.14. The van der Waals surface area contributed by atoms with Gasteiger partial charge in [-0.15, -0.1) is 0 Å². The van der Waals surface area contributed by atoms with Crippen molar-refractivity contribution in [1.29, 1.82) is 0 Å². The van der Waals surface area contributed by atoms with Crippen LogP contribution in [0.4, 0.5) is 21.6 Å². The van der Waals surface area contributed by atoms with Gasteiger partial charge in [0.05, 0.1) is 10.7 Å². The summed E-state index contributed by atoms with van der Waals surface area (Å²) in [4.78, 5) is 18.8.